The summed E-state index contributed by atoms with van der Waals surface area (Å²) in [5.41, 5.74) is 0. The maximum absolute atomic E-state index is 8.50. The number of aliphatic hydroxyl groups excluding tert-OH is 1. The summed E-state index contributed by atoms with van der Waals surface area (Å²) in [6, 6.07) is 0. The SMILES string of the molecule is C#CCC/C=C/CCCCCO. The van der Waals surface area contributed by atoms with Crippen molar-refractivity contribution >= 4 is 0 Å². The fraction of sp³-hybridized carbons (Fsp3) is 0.636. The first kappa shape index (κ1) is 11.3. The zero-order valence-electron chi connectivity index (χ0n) is 7.63. The van der Waals surface area contributed by atoms with Gasteiger partial charge in [-0.2, -0.15) is 0 Å². The van der Waals surface area contributed by atoms with Crippen LogP contribution in [0.15, 0.2) is 12.2 Å². The second-order valence-electron chi connectivity index (χ2n) is 2.79. The summed E-state index contributed by atoms with van der Waals surface area (Å²) in [4.78, 5) is 0. The van der Waals surface area contributed by atoms with Crippen molar-refractivity contribution < 1.29 is 5.11 Å². The van der Waals surface area contributed by atoms with Crippen molar-refractivity contribution in [3.05, 3.63) is 12.2 Å². The lowest BCUT2D eigenvalue weighted by atomic mass is 10.2. The minimum atomic E-state index is 0.320. The van der Waals surface area contributed by atoms with Crippen LogP contribution in [-0.2, 0) is 0 Å². The molecule has 0 spiro atoms. The Morgan fingerprint density at radius 3 is 2.50 bits per heavy atom. The zero-order valence-corrected chi connectivity index (χ0v) is 7.63. The maximum atomic E-state index is 8.50. The van der Waals surface area contributed by atoms with Crippen molar-refractivity contribution in [2.45, 2.75) is 38.5 Å². The highest BCUT2D eigenvalue weighted by Crippen LogP contribution is 2.00. The number of hydrogen-bond donors (Lipinski definition) is 1. The molecule has 0 aromatic carbocycles. The van der Waals surface area contributed by atoms with Crippen molar-refractivity contribution in [2.24, 2.45) is 0 Å². The summed E-state index contributed by atoms with van der Waals surface area (Å²) in [6.07, 6.45) is 15.6. The lowest BCUT2D eigenvalue weighted by Crippen LogP contribution is -1.81. The predicted molar refractivity (Wildman–Crippen MR) is 52.8 cm³/mol. The fourth-order valence-electron chi connectivity index (χ4n) is 0.953. The third-order valence-corrected chi connectivity index (χ3v) is 1.65. The molecule has 0 rings (SSSR count). The molecule has 0 amide bonds. The molecular weight excluding hydrogens is 148 g/mol. The van der Waals surface area contributed by atoms with E-state index in [1.165, 1.54) is 6.42 Å². The highest BCUT2D eigenvalue weighted by atomic mass is 16.2. The van der Waals surface area contributed by atoms with Crippen molar-refractivity contribution in [3.8, 4) is 12.3 Å². The molecule has 0 unspecified atom stereocenters. The molecule has 0 aromatic rings. The molecule has 0 radical (unpaired) electrons. The van der Waals surface area contributed by atoms with Crippen molar-refractivity contribution in [1.82, 2.24) is 0 Å². The van der Waals surface area contributed by atoms with Gasteiger partial charge < -0.3 is 5.11 Å². The molecule has 0 saturated carbocycles. The molecule has 12 heavy (non-hydrogen) atoms. The number of aliphatic hydroxyl groups is 1. The Hall–Kier alpha value is -0.740. The first-order valence-electron chi connectivity index (χ1n) is 4.61. The van der Waals surface area contributed by atoms with E-state index >= 15 is 0 Å². The van der Waals surface area contributed by atoms with Crippen LogP contribution in [0.3, 0.4) is 0 Å². The average Bonchev–Trinajstić information content (AvgIpc) is 2.10. The van der Waals surface area contributed by atoms with Gasteiger partial charge in [0.2, 0.25) is 0 Å². The van der Waals surface area contributed by atoms with Gasteiger partial charge >= 0.3 is 0 Å². The van der Waals surface area contributed by atoms with E-state index in [0.29, 0.717) is 6.61 Å². The Labute approximate surface area is 75.5 Å². The van der Waals surface area contributed by atoms with Crippen LogP contribution >= 0.6 is 0 Å². The van der Waals surface area contributed by atoms with Crippen LogP contribution in [0.5, 0.6) is 0 Å². The summed E-state index contributed by atoms with van der Waals surface area (Å²) in [5, 5.41) is 8.50. The summed E-state index contributed by atoms with van der Waals surface area (Å²) < 4.78 is 0. The monoisotopic (exact) mass is 166 g/mol. The van der Waals surface area contributed by atoms with E-state index in [1.54, 1.807) is 0 Å². The number of allylic oxidation sites excluding steroid dienone is 2. The fourth-order valence-corrected chi connectivity index (χ4v) is 0.953. The minimum absolute atomic E-state index is 0.320. The first-order valence-corrected chi connectivity index (χ1v) is 4.61. The molecule has 0 saturated heterocycles. The zero-order chi connectivity index (χ0) is 9.07. The molecule has 0 bridgehead atoms. The Kier molecular flexibility index (Phi) is 9.63. The van der Waals surface area contributed by atoms with Crippen molar-refractivity contribution in [3.63, 3.8) is 0 Å². The number of rotatable bonds is 7. The van der Waals surface area contributed by atoms with Crippen LogP contribution in [0.25, 0.3) is 0 Å². The molecule has 68 valence electrons. The van der Waals surface area contributed by atoms with Gasteiger partial charge in [0.15, 0.2) is 0 Å². The van der Waals surface area contributed by atoms with Gasteiger partial charge in [0.05, 0.1) is 0 Å². The van der Waals surface area contributed by atoms with Gasteiger partial charge in [-0.15, -0.1) is 12.3 Å². The summed E-state index contributed by atoms with van der Waals surface area (Å²) in [5.74, 6) is 2.59. The van der Waals surface area contributed by atoms with Crippen molar-refractivity contribution in [2.75, 3.05) is 6.61 Å². The molecule has 0 fully saturated rings. The van der Waals surface area contributed by atoms with Crippen LogP contribution < -0.4 is 0 Å². The second-order valence-corrected chi connectivity index (χ2v) is 2.79. The molecule has 1 heteroatoms. The Morgan fingerprint density at radius 1 is 1.08 bits per heavy atom. The number of terminal acetylenes is 1. The average molecular weight is 166 g/mol. The molecular formula is C11H18O. The lowest BCUT2D eigenvalue weighted by Gasteiger charge is -1.93. The quantitative estimate of drug-likeness (QED) is 0.350. The molecule has 0 aromatic heterocycles. The smallest absolute Gasteiger partial charge is 0.0431 e. The van der Waals surface area contributed by atoms with Crippen LogP contribution in [-0.4, -0.2) is 11.7 Å². The third kappa shape index (κ3) is 9.26. The summed E-state index contributed by atoms with van der Waals surface area (Å²) in [6.45, 7) is 0.320. The van der Waals surface area contributed by atoms with Gasteiger partial charge in [-0.1, -0.05) is 18.6 Å². The lowest BCUT2D eigenvalue weighted by molar-refractivity contribution is 0.283. The molecule has 0 aliphatic carbocycles. The summed E-state index contributed by atoms with van der Waals surface area (Å²) >= 11 is 0. The largest absolute Gasteiger partial charge is 0.396 e. The van der Waals surface area contributed by atoms with Crippen molar-refractivity contribution in [1.29, 1.82) is 0 Å². The molecule has 0 aliphatic heterocycles. The minimum Gasteiger partial charge on any atom is -0.396 e. The van der Waals surface area contributed by atoms with Gasteiger partial charge in [-0.25, -0.2) is 0 Å². The standard InChI is InChI=1S/C11H18O/c1-2-3-4-5-6-7-8-9-10-11-12/h1,5-6,12H,3-4,7-11H2/b6-5+. The van der Waals surface area contributed by atoms with E-state index in [1.807, 2.05) is 0 Å². The highest BCUT2D eigenvalue weighted by Gasteiger charge is 1.84. The maximum Gasteiger partial charge on any atom is 0.0431 e. The van der Waals surface area contributed by atoms with E-state index in [-0.39, 0.29) is 0 Å². The van der Waals surface area contributed by atoms with E-state index in [9.17, 15) is 0 Å². The van der Waals surface area contributed by atoms with Crippen LogP contribution in [0, 0.1) is 12.3 Å². The van der Waals surface area contributed by atoms with Crippen LogP contribution in [0.4, 0.5) is 0 Å². The van der Waals surface area contributed by atoms with Gasteiger partial charge in [-0.3, -0.25) is 0 Å². The van der Waals surface area contributed by atoms with E-state index in [0.717, 1.165) is 32.1 Å². The topological polar surface area (TPSA) is 20.2 Å². The number of hydrogen-bond acceptors (Lipinski definition) is 1. The van der Waals surface area contributed by atoms with E-state index in [4.69, 9.17) is 11.5 Å². The van der Waals surface area contributed by atoms with E-state index < -0.39 is 0 Å². The molecule has 1 nitrogen and oxygen atoms in total. The van der Waals surface area contributed by atoms with Gasteiger partial charge in [0.1, 0.15) is 0 Å². The summed E-state index contributed by atoms with van der Waals surface area (Å²) in [7, 11) is 0. The Bertz CT molecular complexity index is 142. The van der Waals surface area contributed by atoms with Gasteiger partial charge in [0, 0.05) is 13.0 Å². The molecule has 0 heterocycles. The Morgan fingerprint density at radius 2 is 1.83 bits per heavy atom. The van der Waals surface area contributed by atoms with E-state index in [2.05, 4.69) is 18.1 Å². The second kappa shape index (κ2) is 10.3. The van der Waals surface area contributed by atoms with Gasteiger partial charge in [-0.05, 0) is 25.7 Å². The van der Waals surface area contributed by atoms with Crippen LogP contribution in [0.1, 0.15) is 38.5 Å². The number of unbranched alkanes of at least 4 members (excludes halogenated alkanes) is 4. The molecule has 0 aliphatic rings. The highest BCUT2D eigenvalue weighted by molar-refractivity contribution is 4.90. The van der Waals surface area contributed by atoms with Crippen LogP contribution in [0.2, 0.25) is 0 Å². The Balaban J connectivity index is 2.98. The predicted octanol–water partition coefficient (Wildman–Crippen LogP) is 2.51. The third-order valence-electron chi connectivity index (χ3n) is 1.65. The van der Waals surface area contributed by atoms with Gasteiger partial charge in [0.25, 0.3) is 0 Å². The normalized spacial score (nSPS) is 10.3. The first-order chi connectivity index (χ1) is 5.91. The molecule has 1 N–H and O–H groups in total. The molecule has 0 atom stereocenters.